The van der Waals surface area contributed by atoms with Crippen molar-refractivity contribution in [2.75, 3.05) is 6.26 Å². The molecule has 5 nitrogen and oxygen atoms in total. The van der Waals surface area contributed by atoms with Crippen molar-refractivity contribution in [2.45, 2.75) is 6.42 Å². The Morgan fingerprint density at radius 2 is 1.88 bits per heavy atom. The zero-order valence-electron chi connectivity index (χ0n) is 9.24. The van der Waals surface area contributed by atoms with E-state index in [1.54, 1.807) is 0 Å². The molecule has 0 radical (unpaired) electrons. The third-order valence-corrected chi connectivity index (χ3v) is 2.00. The molecule has 1 aromatic rings. The van der Waals surface area contributed by atoms with Gasteiger partial charge in [0.2, 0.25) is 0 Å². The minimum atomic E-state index is -3.67. The molecular formula is C11H13NO4S. The van der Waals surface area contributed by atoms with E-state index in [9.17, 15) is 8.42 Å². The van der Waals surface area contributed by atoms with E-state index < -0.39 is 10.1 Å². The molecule has 0 aliphatic heterocycles. The van der Waals surface area contributed by atoms with Gasteiger partial charge in [-0.25, -0.2) is 0 Å². The van der Waals surface area contributed by atoms with E-state index >= 15 is 0 Å². The lowest BCUT2D eigenvalue weighted by Crippen LogP contribution is -2.05. The maximum absolute atomic E-state index is 9.19. The molecular weight excluding hydrogens is 242 g/mol. The van der Waals surface area contributed by atoms with Crippen LogP contribution in [0, 0.1) is 0 Å². The van der Waals surface area contributed by atoms with Crippen LogP contribution in [0.1, 0.15) is 17.5 Å². The molecule has 0 heterocycles. The van der Waals surface area contributed by atoms with E-state index in [1.165, 1.54) is 0 Å². The number of allylic oxidation sites excluding steroid dienone is 1. The molecule has 0 spiro atoms. The fraction of sp³-hybridized carbons (Fsp3) is 0.182. The fourth-order valence-corrected chi connectivity index (χ4v) is 1.41. The summed E-state index contributed by atoms with van der Waals surface area (Å²) in [6.45, 7) is 0. The topological polar surface area (TPSA) is 87.0 Å². The smallest absolute Gasteiger partial charge is 0.261 e. The number of nitrogens with zero attached hydrogens (tertiary/aromatic N) is 1. The molecule has 0 aromatic heterocycles. The molecule has 2 N–H and O–H groups in total. The van der Waals surface area contributed by atoms with E-state index in [1.807, 2.05) is 36.4 Å². The Hall–Kier alpha value is -1.66. The number of hydrogen-bond donors (Lipinski definition) is 2. The Bertz CT molecular complexity index is 538. The first kappa shape index (κ1) is 13.4. The van der Waals surface area contributed by atoms with Crippen LogP contribution in [0.25, 0.3) is 6.08 Å². The first-order valence-electron chi connectivity index (χ1n) is 4.81. The van der Waals surface area contributed by atoms with Crippen LogP contribution < -0.4 is 0 Å². The second-order valence-corrected chi connectivity index (χ2v) is 4.94. The van der Waals surface area contributed by atoms with Gasteiger partial charge in [0.25, 0.3) is 10.1 Å². The summed E-state index contributed by atoms with van der Waals surface area (Å²) < 4.78 is 25.9. The summed E-state index contributed by atoms with van der Waals surface area (Å²) in [5.41, 5.74) is 2.90. The van der Waals surface area contributed by atoms with Crippen LogP contribution in [0.2, 0.25) is 0 Å². The van der Waals surface area contributed by atoms with Crippen LogP contribution in [-0.4, -0.2) is 30.1 Å². The lowest BCUT2D eigenvalue weighted by atomic mass is 9.96. The maximum Gasteiger partial charge on any atom is 0.261 e. The molecule has 1 aliphatic rings. The highest BCUT2D eigenvalue weighted by Crippen LogP contribution is 2.18. The van der Waals surface area contributed by atoms with Gasteiger partial charge in [-0.05, 0) is 5.56 Å². The highest BCUT2D eigenvalue weighted by atomic mass is 32.2. The molecule has 0 atom stereocenters. The number of rotatable bonds is 0. The maximum atomic E-state index is 9.19. The first-order chi connectivity index (χ1) is 7.92. The Morgan fingerprint density at radius 1 is 1.29 bits per heavy atom. The Morgan fingerprint density at radius 3 is 2.47 bits per heavy atom. The van der Waals surface area contributed by atoms with Crippen molar-refractivity contribution in [1.29, 1.82) is 0 Å². The van der Waals surface area contributed by atoms with Gasteiger partial charge in [-0.1, -0.05) is 41.6 Å². The van der Waals surface area contributed by atoms with Crippen LogP contribution in [0.3, 0.4) is 0 Å². The van der Waals surface area contributed by atoms with Crippen LogP contribution in [0.4, 0.5) is 0 Å². The lowest BCUT2D eigenvalue weighted by Gasteiger charge is -2.10. The van der Waals surface area contributed by atoms with Crippen LogP contribution in [-0.2, 0) is 10.1 Å². The van der Waals surface area contributed by atoms with Crippen molar-refractivity contribution < 1.29 is 18.2 Å². The molecule has 0 saturated carbocycles. The molecule has 2 rings (SSSR count). The number of hydrogen-bond acceptors (Lipinski definition) is 4. The number of oxime groups is 1. The van der Waals surface area contributed by atoms with Gasteiger partial charge in [-0.3, -0.25) is 4.55 Å². The van der Waals surface area contributed by atoms with Gasteiger partial charge in [-0.2, -0.15) is 8.42 Å². The number of fused-ring (bicyclic) bond motifs is 1. The molecule has 0 unspecified atom stereocenters. The molecule has 1 aliphatic carbocycles. The second kappa shape index (κ2) is 5.60. The third kappa shape index (κ3) is 4.80. The normalized spacial score (nSPS) is 16.0. The predicted molar refractivity (Wildman–Crippen MR) is 65.9 cm³/mol. The highest BCUT2D eigenvalue weighted by molar-refractivity contribution is 7.85. The van der Waals surface area contributed by atoms with Crippen molar-refractivity contribution in [1.82, 2.24) is 0 Å². The third-order valence-electron chi connectivity index (χ3n) is 2.00. The average molecular weight is 255 g/mol. The molecule has 0 bridgehead atoms. The summed E-state index contributed by atoms with van der Waals surface area (Å²) >= 11 is 0. The second-order valence-electron chi connectivity index (χ2n) is 3.47. The van der Waals surface area contributed by atoms with Gasteiger partial charge in [0, 0.05) is 12.0 Å². The summed E-state index contributed by atoms with van der Waals surface area (Å²) in [6.07, 6.45) is 5.47. The molecule has 17 heavy (non-hydrogen) atoms. The fourth-order valence-electron chi connectivity index (χ4n) is 1.41. The van der Waals surface area contributed by atoms with E-state index in [0.717, 1.165) is 16.8 Å². The molecule has 92 valence electrons. The Kier molecular flexibility index (Phi) is 4.42. The van der Waals surface area contributed by atoms with Crippen LogP contribution >= 0.6 is 0 Å². The Balaban J connectivity index is 0.000000249. The Labute approximate surface area is 99.8 Å². The minimum Gasteiger partial charge on any atom is -0.411 e. The van der Waals surface area contributed by atoms with Crippen molar-refractivity contribution in [2.24, 2.45) is 5.16 Å². The van der Waals surface area contributed by atoms with E-state index in [4.69, 9.17) is 9.76 Å². The van der Waals surface area contributed by atoms with Crippen molar-refractivity contribution in [3.8, 4) is 0 Å². The van der Waals surface area contributed by atoms with Crippen molar-refractivity contribution in [3.63, 3.8) is 0 Å². The SMILES string of the molecule is CS(=O)(=O)O.ON=C1CC=Cc2ccccc21. The lowest BCUT2D eigenvalue weighted by molar-refractivity contribution is 0.318. The zero-order valence-corrected chi connectivity index (χ0v) is 10.1. The molecule has 0 saturated heterocycles. The zero-order chi connectivity index (χ0) is 12.9. The van der Waals surface area contributed by atoms with Crippen molar-refractivity contribution >= 4 is 21.9 Å². The van der Waals surface area contributed by atoms with E-state index in [0.29, 0.717) is 12.7 Å². The molecule has 6 heteroatoms. The van der Waals surface area contributed by atoms with Crippen LogP contribution in [0.5, 0.6) is 0 Å². The van der Waals surface area contributed by atoms with Gasteiger partial charge >= 0.3 is 0 Å². The predicted octanol–water partition coefficient (Wildman–Crippen LogP) is 1.79. The van der Waals surface area contributed by atoms with Gasteiger partial charge in [-0.15, -0.1) is 0 Å². The molecule has 0 fully saturated rings. The first-order valence-corrected chi connectivity index (χ1v) is 6.66. The van der Waals surface area contributed by atoms with Crippen LogP contribution in [0.15, 0.2) is 35.5 Å². The highest BCUT2D eigenvalue weighted by Gasteiger charge is 2.09. The van der Waals surface area contributed by atoms with Gasteiger partial charge in [0.05, 0.1) is 12.0 Å². The summed E-state index contributed by atoms with van der Waals surface area (Å²) in [4.78, 5) is 0. The quantitative estimate of drug-likeness (QED) is 0.420. The average Bonchev–Trinajstić information content (AvgIpc) is 2.26. The van der Waals surface area contributed by atoms with Gasteiger partial charge in [0.1, 0.15) is 0 Å². The molecule has 0 amide bonds. The minimum absolute atomic E-state index is 0.715. The standard InChI is InChI=1S/C10H9NO.CH4O3S/c12-11-10-7-3-5-8-4-1-2-6-9(8)10;1-5(2,3)4/h1-6,12H,7H2;1H3,(H,2,3,4). The monoisotopic (exact) mass is 255 g/mol. The van der Waals surface area contributed by atoms with E-state index in [2.05, 4.69) is 5.16 Å². The summed E-state index contributed by atoms with van der Waals surface area (Å²) in [5, 5.41) is 11.9. The van der Waals surface area contributed by atoms with Gasteiger partial charge in [0.15, 0.2) is 0 Å². The van der Waals surface area contributed by atoms with E-state index in [-0.39, 0.29) is 0 Å². The van der Waals surface area contributed by atoms with Crippen molar-refractivity contribution in [3.05, 3.63) is 41.5 Å². The summed E-state index contributed by atoms with van der Waals surface area (Å²) in [7, 11) is -3.67. The largest absolute Gasteiger partial charge is 0.411 e. The van der Waals surface area contributed by atoms with Gasteiger partial charge < -0.3 is 5.21 Å². The number of benzene rings is 1. The summed E-state index contributed by atoms with van der Waals surface area (Å²) in [5.74, 6) is 0. The summed E-state index contributed by atoms with van der Waals surface area (Å²) in [6, 6.07) is 7.90. The molecule has 1 aromatic carbocycles.